The van der Waals surface area contributed by atoms with Crippen molar-refractivity contribution in [2.24, 2.45) is 11.8 Å². The molecule has 2 unspecified atom stereocenters. The van der Waals surface area contributed by atoms with Gasteiger partial charge in [0.1, 0.15) is 0 Å². The van der Waals surface area contributed by atoms with E-state index in [1.807, 2.05) is 30.1 Å². The molecule has 1 heterocycles. The first-order valence-electron chi connectivity index (χ1n) is 14.2. The van der Waals surface area contributed by atoms with Gasteiger partial charge in [-0.05, 0) is 80.0 Å². The van der Waals surface area contributed by atoms with Gasteiger partial charge in [-0.3, -0.25) is 4.98 Å². The monoisotopic (exact) mass is 535 g/mol. The molecule has 0 aliphatic carbocycles. The second-order valence-corrected chi connectivity index (χ2v) is 10.5. The van der Waals surface area contributed by atoms with Crippen molar-refractivity contribution >= 4 is 17.8 Å². The standard InChI is InChI=1S/C12H14.C11H17N.C10H18S.C3H8/c1-4-10(2)9-12-8-6-5-7-11(12)3;1-4-6-11-9(3)12-8-7-10(11)5-2;1-5-9(2)10(3)7-6-8-11-4;1-3-2/h4-9H,1H2,2-3H3;7-8H,4-6H2,1-3H3;5-7,9-10H,1,8H2,2-4H3;3H2,1-2H3/b10-9-;;7-6-;. The van der Waals surface area contributed by atoms with Crippen LogP contribution in [0.5, 0.6) is 0 Å². The molecule has 0 spiro atoms. The van der Waals surface area contributed by atoms with Crippen molar-refractivity contribution in [2.45, 2.75) is 88.0 Å². The number of pyridine rings is 1. The van der Waals surface area contributed by atoms with E-state index in [0.717, 1.165) is 12.2 Å². The highest BCUT2D eigenvalue weighted by Gasteiger charge is 2.03. The molecule has 2 rings (SSSR count). The zero-order chi connectivity index (χ0) is 29.3. The molecule has 0 aliphatic rings. The minimum absolute atomic E-state index is 0.591. The van der Waals surface area contributed by atoms with Gasteiger partial charge in [0, 0.05) is 17.6 Å². The van der Waals surface area contributed by atoms with E-state index in [9.17, 15) is 0 Å². The van der Waals surface area contributed by atoms with Gasteiger partial charge in [0.2, 0.25) is 0 Å². The highest BCUT2D eigenvalue weighted by atomic mass is 32.2. The van der Waals surface area contributed by atoms with E-state index in [1.165, 1.54) is 52.8 Å². The summed E-state index contributed by atoms with van der Waals surface area (Å²) in [5, 5.41) is 0. The van der Waals surface area contributed by atoms with Gasteiger partial charge in [0.05, 0.1) is 0 Å². The largest absolute Gasteiger partial charge is 0.261 e. The molecule has 0 saturated carbocycles. The van der Waals surface area contributed by atoms with Crippen LogP contribution in [0.25, 0.3) is 6.08 Å². The molecular weight excluding hydrogens is 478 g/mol. The Bertz CT molecular complexity index is 938. The van der Waals surface area contributed by atoms with Crippen LogP contribution in [-0.4, -0.2) is 17.0 Å². The molecule has 1 aromatic carbocycles. The van der Waals surface area contributed by atoms with Crippen molar-refractivity contribution in [3.05, 3.63) is 108 Å². The fourth-order valence-electron chi connectivity index (χ4n) is 3.38. The highest BCUT2D eigenvalue weighted by molar-refractivity contribution is 7.98. The lowest BCUT2D eigenvalue weighted by Gasteiger charge is -2.10. The van der Waals surface area contributed by atoms with Crippen LogP contribution in [0.1, 0.15) is 89.3 Å². The first-order chi connectivity index (χ1) is 18.2. The Hall–Kier alpha value is -2.32. The maximum absolute atomic E-state index is 4.31. The number of aryl methyl sites for hydroxylation is 3. The van der Waals surface area contributed by atoms with E-state index in [4.69, 9.17) is 0 Å². The van der Waals surface area contributed by atoms with Gasteiger partial charge in [0.15, 0.2) is 0 Å². The lowest BCUT2D eigenvalue weighted by atomic mass is 9.96. The molecule has 0 aliphatic heterocycles. The SMILES string of the molecule is C=C/C(C)=C\c1ccccc1C.C=CC(C)C(C)/C=C\CSC.CCC.CCCc1c(CC)ccnc1C. The van der Waals surface area contributed by atoms with Crippen LogP contribution in [0.2, 0.25) is 0 Å². The Morgan fingerprint density at radius 2 is 1.63 bits per heavy atom. The van der Waals surface area contributed by atoms with Crippen molar-refractivity contribution in [1.82, 2.24) is 4.98 Å². The molecule has 2 aromatic rings. The quantitative estimate of drug-likeness (QED) is 0.222. The van der Waals surface area contributed by atoms with Crippen LogP contribution in [0.4, 0.5) is 0 Å². The fraction of sp³-hybridized carbons (Fsp3) is 0.472. The Morgan fingerprint density at radius 3 is 2.13 bits per heavy atom. The highest BCUT2D eigenvalue weighted by Crippen LogP contribution is 2.15. The number of rotatable bonds is 10. The van der Waals surface area contributed by atoms with Gasteiger partial charge in [0.25, 0.3) is 0 Å². The molecular formula is C36H57NS. The Morgan fingerprint density at radius 1 is 1.00 bits per heavy atom. The van der Waals surface area contributed by atoms with Crippen molar-refractivity contribution in [2.75, 3.05) is 12.0 Å². The van der Waals surface area contributed by atoms with Gasteiger partial charge in [-0.25, -0.2) is 0 Å². The molecule has 0 N–H and O–H groups in total. The Balaban J connectivity index is 0. The van der Waals surface area contributed by atoms with Crippen molar-refractivity contribution in [3.63, 3.8) is 0 Å². The number of nitrogens with zero attached hydrogens (tertiary/aromatic N) is 1. The van der Waals surface area contributed by atoms with E-state index in [2.05, 4.69) is 135 Å². The maximum Gasteiger partial charge on any atom is 0.0407 e. The predicted molar refractivity (Wildman–Crippen MR) is 179 cm³/mol. The van der Waals surface area contributed by atoms with E-state index in [0.29, 0.717) is 11.8 Å². The summed E-state index contributed by atoms with van der Waals surface area (Å²) in [6, 6.07) is 10.5. The molecule has 2 atom stereocenters. The first kappa shape index (κ1) is 37.8. The van der Waals surface area contributed by atoms with Gasteiger partial charge < -0.3 is 0 Å². The predicted octanol–water partition coefficient (Wildman–Crippen LogP) is 11.3. The maximum atomic E-state index is 4.31. The molecule has 1 aromatic heterocycles. The van der Waals surface area contributed by atoms with E-state index in [1.54, 1.807) is 0 Å². The van der Waals surface area contributed by atoms with Crippen LogP contribution in [0.3, 0.4) is 0 Å². The molecule has 0 bridgehead atoms. The number of thioether (sulfide) groups is 1. The van der Waals surface area contributed by atoms with Crippen LogP contribution < -0.4 is 0 Å². The summed E-state index contributed by atoms with van der Waals surface area (Å²) >= 11 is 1.85. The van der Waals surface area contributed by atoms with E-state index < -0.39 is 0 Å². The third kappa shape index (κ3) is 18.0. The first-order valence-corrected chi connectivity index (χ1v) is 15.6. The number of allylic oxidation sites excluding steroid dienone is 4. The summed E-state index contributed by atoms with van der Waals surface area (Å²) in [4.78, 5) is 4.31. The summed E-state index contributed by atoms with van der Waals surface area (Å²) in [5.41, 5.74) is 7.90. The fourth-order valence-corrected chi connectivity index (χ4v) is 3.69. The van der Waals surface area contributed by atoms with Gasteiger partial charge >= 0.3 is 0 Å². The molecule has 0 saturated heterocycles. The van der Waals surface area contributed by atoms with Crippen LogP contribution >= 0.6 is 11.8 Å². The topological polar surface area (TPSA) is 12.9 Å². The molecule has 0 radical (unpaired) electrons. The Labute approximate surface area is 241 Å². The number of benzene rings is 1. The van der Waals surface area contributed by atoms with Crippen molar-refractivity contribution in [3.8, 4) is 0 Å². The molecule has 0 amide bonds. The zero-order valence-electron chi connectivity index (χ0n) is 26.3. The second kappa shape index (κ2) is 25.0. The van der Waals surface area contributed by atoms with Gasteiger partial charge in [-0.2, -0.15) is 11.8 Å². The van der Waals surface area contributed by atoms with Crippen LogP contribution in [0, 0.1) is 25.7 Å². The number of aromatic nitrogens is 1. The summed E-state index contributed by atoms with van der Waals surface area (Å²) < 4.78 is 0. The van der Waals surface area contributed by atoms with E-state index >= 15 is 0 Å². The van der Waals surface area contributed by atoms with Crippen molar-refractivity contribution < 1.29 is 0 Å². The third-order valence-electron chi connectivity index (χ3n) is 6.05. The third-order valence-corrected chi connectivity index (χ3v) is 6.57. The van der Waals surface area contributed by atoms with Crippen LogP contribution in [-0.2, 0) is 12.8 Å². The second-order valence-electron chi connectivity index (χ2n) is 9.63. The average Bonchev–Trinajstić information content (AvgIpc) is 2.92. The zero-order valence-corrected chi connectivity index (χ0v) is 27.1. The minimum Gasteiger partial charge on any atom is -0.261 e. The lowest BCUT2D eigenvalue weighted by Crippen LogP contribution is -2.00. The van der Waals surface area contributed by atoms with Crippen molar-refractivity contribution in [1.29, 1.82) is 0 Å². The molecule has 0 fully saturated rings. The van der Waals surface area contributed by atoms with E-state index in [-0.39, 0.29) is 0 Å². The van der Waals surface area contributed by atoms with Gasteiger partial charge in [-0.15, -0.1) is 6.58 Å². The molecule has 2 heteroatoms. The van der Waals surface area contributed by atoms with Gasteiger partial charge in [-0.1, -0.05) is 121 Å². The number of hydrogen-bond donors (Lipinski definition) is 0. The Kier molecular flexibility index (Phi) is 24.9. The molecule has 212 valence electrons. The normalized spacial score (nSPS) is 12.1. The molecule has 1 nitrogen and oxygen atoms in total. The summed E-state index contributed by atoms with van der Waals surface area (Å²) in [6.07, 6.45) is 19.3. The number of hydrogen-bond acceptors (Lipinski definition) is 2. The smallest absolute Gasteiger partial charge is 0.0407 e. The summed E-state index contributed by atoms with van der Waals surface area (Å²) in [5.74, 6) is 2.33. The molecule has 38 heavy (non-hydrogen) atoms. The minimum atomic E-state index is 0.591. The summed E-state index contributed by atoms with van der Waals surface area (Å²) in [6.45, 7) is 26.8. The average molecular weight is 536 g/mol. The van der Waals surface area contributed by atoms with Crippen LogP contribution in [0.15, 0.2) is 79.6 Å². The summed E-state index contributed by atoms with van der Waals surface area (Å²) in [7, 11) is 0. The lowest BCUT2D eigenvalue weighted by molar-refractivity contribution is 0.559.